The molecule has 3 rings (SSSR count). The third-order valence-corrected chi connectivity index (χ3v) is 5.42. The van der Waals surface area contributed by atoms with E-state index in [1.54, 1.807) is 43.5 Å². The van der Waals surface area contributed by atoms with Gasteiger partial charge in [0.05, 0.1) is 24.9 Å². The first-order valence-electron chi connectivity index (χ1n) is 10.7. The molecule has 0 radical (unpaired) electrons. The van der Waals surface area contributed by atoms with Gasteiger partial charge >= 0.3 is 0 Å². The van der Waals surface area contributed by atoms with Gasteiger partial charge in [-0.25, -0.2) is 5.43 Å². The van der Waals surface area contributed by atoms with Crippen LogP contribution in [0.15, 0.2) is 70.2 Å². The van der Waals surface area contributed by atoms with Gasteiger partial charge in [0.25, 0.3) is 0 Å². The van der Waals surface area contributed by atoms with Gasteiger partial charge in [0, 0.05) is 11.8 Å². The van der Waals surface area contributed by atoms with E-state index < -0.39 is 11.8 Å². The number of amides is 2. The standard InChI is InChI=1S/C26H26BrN3O5/c1-17-7-9-18(10-8-17)16-35-26-22(27)11-19(12-23(26)34-3)15-28-30-25(32)14-24(31)29-20-5-4-6-21(13-20)33-2/h4-13,15H,14,16H2,1-3H3,(H,29,31)(H,30,32). The maximum Gasteiger partial charge on any atom is 0.249 e. The zero-order valence-electron chi connectivity index (χ0n) is 19.6. The lowest BCUT2D eigenvalue weighted by atomic mass is 10.2. The fourth-order valence-corrected chi connectivity index (χ4v) is 3.64. The number of hydrogen-bond acceptors (Lipinski definition) is 6. The van der Waals surface area contributed by atoms with E-state index >= 15 is 0 Å². The Labute approximate surface area is 212 Å². The predicted octanol–water partition coefficient (Wildman–Crippen LogP) is 4.83. The number of hydrazone groups is 1. The zero-order chi connectivity index (χ0) is 25.2. The van der Waals surface area contributed by atoms with Crippen LogP contribution >= 0.6 is 15.9 Å². The van der Waals surface area contributed by atoms with Gasteiger partial charge in [0.2, 0.25) is 11.8 Å². The number of halogens is 1. The summed E-state index contributed by atoms with van der Waals surface area (Å²) in [6, 6.07) is 18.5. The Morgan fingerprint density at radius 3 is 2.49 bits per heavy atom. The first kappa shape index (κ1) is 25.8. The van der Waals surface area contributed by atoms with Gasteiger partial charge in [-0.05, 0) is 58.2 Å². The number of benzene rings is 3. The molecule has 0 heterocycles. The molecule has 0 spiro atoms. The number of rotatable bonds is 10. The molecule has 3 aromatic rings. The van der Waals surface area contributed by atoms with Crippen molar-refractivity contribution in [3.63, 3.8) is 0 Å². The van der Waals surface area contributed by atoms with Crippen LogP contribution in [0.4, 0.5) is 5.69 Å². The lowest BCUT2D eigenvalue weighted by Crippen LogP contribution is -2.24. The lowest BCUT2D eigenvalue weighted by molar-refractivity contribution is -0.126. The van der Waals surface area contributed by atoms with Gasteiger partial charge in [0.15, 0.2) is 11.5 Å². The van der Waals surface area contributed by atoms with Crippen molar-refractivity contribution in [2.24, 2.45) is 5.10 Å². The molecular formula is C26H26BrN3O5. The highest BCUT2D eigenvalue weighted by Gasteiger charge is 2.12. The Kier molecular flexibility index (Phi) is 9.25. The topological polar surface area (TPSA) is 98.2 Å². The first-order valence-corrected chi connectivity index (χ1v) is 11.5. The van der Waals surface area contributed by atoms with Crippen molar-refractivity contribution in [1.29, 1.82) is 0 Å². The molecule has 8 nitrogen and oxygen atoms in total. The molecule has 0 atom stereocenters. The summed E-state index contributed by atoms with van der Waals surface area (Å²) >= 11 is 3.50. The minimum Gasteiger partial charge on any atom is -0.497 e. The van der Waals surface area contributed by atoms with E-state index in [1.165, 1.54) is 18.9 Å². The van der Waals surface area contributed by atoms with Crippen molar-refractivity contribution in [3.8, 4) is 17.2 Å². The van der Waals surface area contributed by atoms with Crippen LogP contribution in [0.1, 0.15) is 23.1 Å². The Bertz CT molecular complexity index is 1210. The smallest absolute Gasteiger partial charge is 0.249 e. The largest absolute Gasteiger partial charge is 0.497 e. The zero-order valence-corrected chi connectivity index (χ0v) is 21.2. The summed E-state index contributed by atoms with van der Waals surface area (Å²) in [6.45, 7) is 2.42. The number of hydrogen-bond donors (Lipinski definition) is 2. The molecule has 0 saturated heterocycles. The molecule has 182 valence electrons. The average Bonchev–Trinajstić information content (AvgIpc) is 2.84. The molecule has 2 N–H and O–H groups in total. The molecule has 0 aliphatic carbocycles. The van der Waals surface area contributed by atoms with Crippen LogP contribution in [0, 0.1) is 6.92 Å². The van der Waals surface area contributed by atoms with E-state index in [4.69, 9.17) is 14.2 Å². The predicted molar refractivity (Wildman–Crippen MR) is 138 cm³/mol. The first-order chi connectivity index (χ1) is 16.9. The van der Waals surface area contributed by atoms with Crippen LogP contribution in [0.3, 0.4) is 0 Å². The minimum atomic E-state index is -0.550. The fourth-order valence-electron chi connectivity index (χ4n) is 3.06. The second-order valence-electron chi connectivity index (χ2n) is 7.56. The van der Waals surface area contributed by atoms with Crippen LogP contribution in [-0.4, -0.2) is 32.2 Å². The number of nitrogens with zero attached hydrogens (tertiary/aromatic N) is 1. The number of nitrogens with one attached hydrogen (secondary N) is 2. The van der Waals surface area contributed by atoms with E-state index in [0.29, 0.717) is 39.6 Å². The maximum atomic E-state index is 12.1. The van der Waals surface area contributed by atoms with Gasteiger partial charge in [0.1, 0.15) is 18.8 Å². The van der Waals surface area contributed by atoms with Crippen molar-refractivity contribution in [3.05, 3.63) is 81.8 Å². The summed E-state index contributed by atoms with van der Waals surface area (Å²) in [7, 11) is 3.08. The third kappa shape index (κ3) is 7.86. The summed E-state index contributed by atoms with van der Waals surface area (Å²) in [6.07, 6.45) is 1.07. The van der Waals surface area contributed by atoms with E-state index in [1.807, 2.05) is 31.2 Å². The SMILES string of the molecule is COc1cccc(NC(=O)CC(=O)NN=Cc2cc(Br)c(OCc3ccc(C)cc3)c(OC)c2)c1. The molecule has 0 aliphatic rings. The molecule has 3 aromatic carbocycles. The summed E-state index contributed by atoms with van der Waals surface area (Å²) in [5, 5.41) is 6.58. The molecule has 0 fully saturated rings. The van der Waals surface area contributed by atoms with Crippen molar-refractivity contribution < 1.29 is 23.8 Å². The van der Waals surface area contributed by atoms with Crippen LogP contribution in [0.5, 0.6) is 17.2 Å². The maximum absolute atomic E-state index is 12.1. The number of aryl methyl sites for hydroxylation is 1. The van der Waals surface area contributed by atoms with Crippen molar-refractivity contribution in [2.45, 2.75) is 20.0 Å². The number of methoxy groups -OCH3 is 2. The van der Waals surface area contributed by atoms with Crippen LogP contribution in [0.25, 0.3) is 0 Å². The minimum absolute atomic E-state index is 0.382. The third-order valence-electron chi connectivity index (χ3n) is 4.83. The monoisotopic (exact) mass is 539 g/mol. The second-order valence-corrected chi connectivity index (χ2v) is 8.41. The average molecular weight is 540 g/mol. The van der Waals surface area contributed by atoms with Crippen molar-refractivity contribution >= 4 is 39.6 Å². The lowest BCUT2D eigenvalue weighted by Gasteiger charge is -2.13. The van der Waals surface area contributed by atoms with E-state index in [9.17, 15) is 9.59 Å². The van der Waals surface area contributed by atoms with Crippen molar-refractivity contribution in [1.82, 2.24) is 5.43 Å². The Balaban J connectivity index is 1.55. The molecule has 35 heavy (non-hydrogen) atoms. The number of carbonyl (C=O) groups is 2. The normalized spacial score (nSPS) is 10.6. The van der Waals surface area contributed by atoms with Crippen LogP contribution in [0.2, 0.25) is 0 Å². The van der Waals surface area contributed by atoms with Gasteiger partial charge < -0.3 is 19.5 Å². The molecule has 9 heteroatoms. The Morgan fingerprint density at radius 1 is 1.00 bits per heavy atom. The quantitative estimate of drug-likeness (QED) is 0.218. The van der Waals surface area contributed by atoms with Crippen LogP contribution in [-0.2, 0) is 16.2 Å². The fraction of sp³-hybridized carbons (Fsp3) is 0.192. The molecular weight excluding hydrogens is 514 g/mol. The number of ether oxygens (including phenoxy) is 3. The number of carbonyl (C=O) groups excluding carboxylic acids is 2. The Hall–Kier alpha value is -3.85. The van der Waals surface area contributed by atoms with Gasteiger partial charge in [-0.3, -0.25) is 9.59 Å². The van der Waals surface area contributed by atoms with Crippen LogP contribution < -0.4 is 25.0 Å². The van der Waals surface area contributed by atoms with Gasteiger partial charge in [-0.15, -0.1) is 0 Å². The van der Waals surface area contributed by atoms with Gasteiger partial charge in [-0.1, -0.05) is 35.9 Å². The van der Waals surface area contributed by atoms with E-state index in [-0.39, 0.29) is 6.42 Å². The highest BCUT2D eigenvalue weighted by molar-refractivity contribution is 9.10. The molecule has 0 bridgehead atoms. The highest BCUT2D eigenvalue weighted by atomic mass is 79.9. The summed E-state index contributed by atoms with van der Waals surface area (Å²) < 4.78 is 17.2. The van der Waals surface area contributed by atoms with E-state index in [0.717, 1.165) is 5.56 Å². The molecule has 0 saturated carbocycles. The highest BCUT2D eigenvalue weighted by Crippen LogP contribution is 2.36. The summed E-state index contributed by atoms with van der Waals surface area (Å²) in [5.74, 6) is 0.654. The Morgan fingerprint density at radius 2 is 1.77 bits per heavy atom. The molecule has 0 aromatic heterocycles. The summed E-state index contributed by atoms with van der Waals surface area (Å²) in [5.41, 5.74) is 5.77. The van der Waals surface area contributed by atoms with E-state index in [2.05, 4.69) is 31.8 Å². The number of anilines is 1. The summed E-state index contributed by atoms with van der Waals surface area (Å²) in [4.78, 5) is 24.2. The second kappa shape index (κ2) is 12.6. The van der Waals surface area contributed by atoms with Crippen molar-refractivity contribution in [2.75, 3.05) is 19.5 Å². The molecule has 2 amide bonds. The molecule has 0 aliphatic heterocycles. The molecule has 0 unspecified atom stereocenters. The van der Waals surface area contributed by atoms with Gasteiger partial charge in [-0.2, -0.15) is 5.10 Å².